The number of halogens is 2. The van der Waals surface area contributed by atoms with Gasteiger partial charge in [0, 0.05) is 24.3 Å². The molecular weight excluding hydrogens is 359 g/mol. The normalized spacial score (nSPS) is 12.8. The van der Waals surface area contributed by atoms with Crippen molar-refractivity contribution in [2.24, 2.45) is 0 Å². The average molecular weight is 385 g/mol. The Balaban J connectivity index is 0.00000312. The Hall–Kier alpha value is -1.46. The third kappa shape index (κ3) is 5.79. The van der Waals surface area contributed by atoms with Crippen molar-refractivity contribution >= 4 is 29.7 Å². The molecule has 0 aliphatic rings. The second-order valence-corrected chi connectivity index (χ2v) is 6.12. The van der Waals surface area contributed by atoms with Crippen molar-refractivity contribution in [3.05, 3.63) is 59.1 Å². The predicted molar refractivity (Wildman–Crippen MR) is 107 cm³/mol. The summed E-state index contributed by atoms with van der Waals surface area (Å²) >= 11 is 5.99. The molecule has 2 rings (SSSR count). The van der Waals surface area contributed by atoms with Gasteiger partial charge in [-0.25, -0.2) is 0 Å². The molecule has 0 amide bonds. The van der Waals surface area contributed by atoms with Crippen LogP contribution in [-0.2, 0) is 0 Å². The zero-order valence-electron chi connectivity index (χ0n) is 14.8. The van der Waals surface area contributed by atoms with Gasteiger partial charge in [0.2, 0.25) is 0 Å². The summed E-state index contributed by atoms with van der Waals surface area (Å²) in [6, 6.07) is 15.3. The summed E-state index contributed by atoms with van der Waals surface area (Å²) in [6.07, 6.45) is -0.556. The van der Waals surface area contributed by atoms with E-state index < -0.39 is 6.10 Å². The van der Waals surface area contributed by atoms with Gasteiger partial charge in [0.15, 0.2) is 0 Å². The summed E-state index contributed by atoms with van der Waals surface area (Å²) in [5.41, 5.74) is 2.02. The van der Waals surface area contributed by atoms with E-state index in [0.29, 0.717) is 11.6 Å². The molecule has 0 heterocycles. The van der Waals surface area contributed by atoms with E-state index in [1.807, 2.05) is 62.5 Å². The highest BCUT2D eigenvalue weighted by Gasteiger charge is 2.25. The van der Waals surface area contributed by atoms with Crippen LogP contribution in [0.5, 0.6) is 5.75 Å². The first-order chi connectivity index (χ1) is 11.6. The number of nitrogens with zero attached hydrogens (tertiary/aromatic N) is 1. The van der Waals surface area contributed by atoms with Crippen LogP contribution in [0, 0.1) is 0 Å². The number of hydrogen-bond donors (Lipinski definition) is 2. The molecule has 2 N–H and O–H groups in total. The number of rotatable bonds is 8. The van der Waals surface area contributed by atoms with Crippen molar-refractivity contribution in [1.29, 1.82) is 0 Å². The van der Waals surface area contributed by atoms with Crippen molar-refractivity contribution in [1.82, 2.24) is 5.32 Å². The largest absolute Gasteiger partial charge is 0.497 e. The molecule has 0 spiro atoms. The first kappa shape index (κ1) is 21.6. The van der Waals surface area contributed by atoms with Gasteiger partial charge in [-0.3, -0.25) is 0 Å². The topological polar surface area (TPSA) is 44.7 Å². The number of nitrogens with one attached hydrogen (secondary N) is 1. The molecule has 2 aromatic rings. The minimum absolute atomic E-state index is 0. The van der Waals surface area contributed by atoms with E-state index in [4.69, 9.17) is 16.3 Å². The second-order valence-electron chi connectivity index (χ2n) is 5.68. The van der Waals surface area contributed by atoms with Gasteiger partial charge in [-0.15, -0.1) is 12.4 Å². The number of benzene rings is 2. The van der Waals surface area contributed by atoms with E-state index in [1.54, 1.807) is 7.11 Å². The van der Waals surface area contributed by atoms with Crippen LogP contribution < -0.4 is 15.0 Å². The Morgan fingerprint density at radius 2 is 1.72 bits per heavy atom. The third-order valence-electron chi connectivity index (χ3n) is 4.08. The fourth-order valence-corrected chi connectivity index (χ4v) is 2.87. The van der Waals surface area contributed by atoms with Gasteiger partial charge in [0.25, 0.3) is 0 Å². The van der Waals surface area contributed by atoms with Crippen molar-refractivity contribution in [3.63, 3.8) is 0 Å². The zero-order chi connectivity index (χ0) is 17.5. The van der Waals surface area contributed by atoms with Crippen molar-refractivity contribution in [2.45, 2.75) is 19.1 Å². The molecule has 0 saturated carbocycles. The highest BCUT2D eigenvalue weighted by atomic mass is 35.5. The van der Waals surface area contributed by atoms with E-state index in [2.05, 4.69) is 10.2 Å². The Morgan fingerprint density at radius 3 is 2.24 bits per heavy atom. The van der Waals surface area contributed by atoms with Crippen LogP contribution in [0.15, 0.2) is 48.5 Å². The number of aliphatic hydroxyl groups is 1. The average Bonchev–Trinajstić information content (AvgIpc) is 2.61. The first-order valence-electron chi connectivity index (χ1n) is 8.08. The van der Waals surface area contributed by atoms with Crippen LogP contribution in [0.1, 0.15) is 18.5 Å². The van der Waals surface area contributed by atoms with Gasteiger partial charge in [0.05, 0.1) is 19.3 Å². The quantitative estimate of drug-likeness (QED) is 0.723. The summed E-state index contributed by atoms with van der Waals surface area (Å²) in [6.45, 7) is 3.36. The van der Waals surface area contributed by atoms with E-state index in [9.17, 15) is 5.11 Å². The Morgan fingerprint density at radius 1 is 1.12 bits per heavy atom. The summed E-state index contributed by atoms with van der Waals surface area (Å²) in [4.78, 5) is 2.07. The van der Waals surface area contributed by atoms with Crippen LogP contribution in [-0.4, -0.2) is 38.5 Å². The molecule has 6 heteroatoms. The second kappa shape index (κ2) is 10.5. The first-order valence-corrected chi connectivity index (χ1v) is 8.45. The molecule has 0 saturated heterocycles. The smallest absolute Gasteiger partial charge is 0.118 e. The van der Waals surface area contributed by atoms with E-state index in [1.165, 1.54) is 0 Å². The maximum absolute atomic E-state index is 10.7. The molecule has 4 nitrogen and oxygen atoms in total. The minimum atomic E-state index is -0.556. The Bertz CT molecular complexity index is 620. The fraction of sp³-hybridized carbons (Fsp3) is 0.368. The summed E-state index contributed by atoms with van der Waals surface area (Å²) in [5, 5.41) is 14.7. The van der Waals surface area contributed by atoms with Crippen molar-refractivity contribution in [3.8, 4) is 5.75 Å². The molecule has 2 atom stereocenters. The van der Waals surface area contributed by atoms with Crippen LogP contribution in [0.25, 0.3) is 0 Å². The lowest BCUT2D eigenvalue weighted by molar-refractivity contribution is 0.141. The molecule has 0 aliphatic heterocycles. The molecule has 0 radical (unpaired) electrons. The molecular formula is C19H26Cl2N2O2. The molecule has 2 aromatic carbocycles. The third-order valence-corrected chi connectivity index (χ3v) is 4.33. The molecule has 0 bridgehead atoms. The maximum atomic E-state index is 10.7. The molecule has 0 aromatic heterocycles. The van der Waals surface area contributed by atoms with Gasteiger partial charge in [-0.1, -0.05) is 30.7 Å². The van der Waals surface area contributed by atoms with Crippen molar-refractivity contribution < 1.29 is 9.84 Å². The number of aliphatic hydroxyl groups excluding tert-OH is 1. The molecule has 25 heavy (non-hydrogen) atoms. The van der Waals surface area contributed by atoms with Gasteiger partial charge < -0.3 is 20.1 Å². The molecule has 2 unspecified atom stereocenters. The van der Waals surface area contributed by atoms with Crippen LogP contribution in [0.4, 0.5) is 5.69 Å². The highest BCUT2D eigenvalue weighted by molar-refractivity contribution is 6.30. The lowest BCUT2D eigenvalue weighted by Crippen LogP contribution is -2.40. The Kier molecular flexibility index (Phi) is 9.08. The van der Waals surface area contributed by atoms with Gasteiger partial charge in [0.1, 0.15) is 5.75 Å². The van der Waals surface area contributed by atoms with Crippen LogP contribution in [0.2, 0.25) is 5.02 Å². The minimum Gasteiger partial charge on any atom is -0.497 e. The number of likely N-dealkylation sites (N-methyl/N-ethyl adjacent to an activating group) is 2. The lowest BCUT2D eigenvalue weighted by atomic mass is 9.99. The number of hydrogen-bond acceptors (Lipinski definition) is 4. The molecule has 0 aliphatic carbocycles. The van der Waals surface area contributed by atoms with E-state index in [0.717, 1.165) is 23.5 Å². The SMILES string of the molecule is CCNCC(O)C(c1ccc(OC)cc1)N(C)c1ccc(Cl)cc1.Cl. The van der Waals surface area contributed by atoms with Crippen molar-refractivity contribution in [2.75, 3.05) is 32.1 Å². The van der Waals surface area contributed by atoms with Crippen LogP contribution in [0.3, 0.4) is 0 Å². The number of methoxy groups -OCH3 is 1. The number of ether oxygens (including phenoxy) is 1. The number of anilines is 1. The lowest BCUT2D eigenvalue weighted by Gasteiger charge is -2.34. The van der Waals surface area contributed by atoms with Gasteiger partial charge in [-0.2, -0.15) is 0 Å². The predicted octanol–water partition coefficient (Wildman–Crippen LogP) is 3.92. The summed E-state index contributed by atoms with van der Waals surface area (Å²) < 4.78 is 5.23. The van der Waals surface area contributed by atoms with E-state index >= 15 is 0 Å². The summed E-state index contributed by atoms with van der Waals surface area (Å²) in [7, 11) is 3.62. The Labute approximate surface area is 161 Å². The summed E-state index contributed by atoms with van der Waals surface area (Å²) in [5.74, 6) is 0.799. The standard InChI is InChI=1S/C19H25ClN2O2.ClH/c1-4-21-13-18(23)19(14-5-11-17(24-3)12-6-14)22(2)16-9-7-15(20)8-10-16;/h5-12,18-19,21,23H,4,13H2,1-3H3;1H. The monoisotopic (exact) mass is 384 g/mol. The van der Waals surface area contributed by atoms with Gasteiger partial charge in [-0.05, 0) is 48.5 Å². The van der Waals surface area contributed by atoms with Gasteiger partial charge >= 0.3 is 0 Å². The fourth-order valence-electron chi connectivity index (χ4n) is 2.75. The molecule has 138 valence electrons. The van der Waals surface area contributed by atoms with E-state index in [-0.39, 0.29) is 18.4 Å². The van der Waals surface area contributed by atoms with Crippen LogP contribution >= 0.6 is 24.0 Å². The highest BCUT2D eigenvalue weighted by Crippen LogP contribution is 2.30. The zero-order valence-corrected chi connectivity index (χ0v) is 16.3. The maximum Gasteiger partial charge on any atom is 0.118 e. The molecule has 0 fully saturated rings.